The van der Waals surface area contributed by atoms with E-state index in [0.717, 1.165) is 17.3 Å². The van der Waals surface area contributed by atoms with E-state index in [-0.39, 0.29) is 17.8 Å². The summed E-state index contributed by atoms with van der Waals surface area (Å²) in [6.07, 6.45) is 1.95. The molecule has 0 radical (unpaired) electrons. The largest absolute Gasteiger partial charge is 0.327 e. The van der Waals surface area contributed by atoms with E-state index >= 15 is 0 Å². The van der Waals surface area contributed by atoms with Crippen LogP contribution in [0.2, 0.25) is 0 Å². The summed E-state index contributed by atoms with van der Waals surface area (Å²) >= 11 is 3.35. The van der Waals surface area contributed by atoms with Gasteiger partial charge in [-0.1, -0.05) is 36.2 Å². The molecule has 0 saturated carbocycles. The number of benzene rings is 1. The lowest BCUT2D eigenvalue weighted by Crippen LogP contribution is -2.27. The quantitative estimate of drug-likeness (QED) is 0.887. The normalized spacial score (nSPS) is 15.0. The van der Waals surface area contributed by atoms with E-state index in [1.807, 2.05) is 13.0 Å². The SMILES string of the molecule is CCCC(N)C(C)c1cc(Br)ccc1F. The zero-order valence-corrected chi connectivity index (χ0v) is 10.7. The second-order valence-electron chi connectivity index (χ2n) is 3.91. The minimum absolute atomic E-state index is 0.0267. The maximum absolute atomic E-state index is 13.5. The fourth-order valence-electron chi connectivity index (χ4n) is 1.68. The lowest BCUT2D eigenvalue weighted by Gasteiger charge is -2.20. The van der Waals surface area contributed by atoms with Gasteiger partial charge in [-0.15, -0.1) is 0 Å². The summed E-state index contributed by atoms with van der Waals surface area (Å²) in [6, 6.07) is 5.03. The highest BCUT2D eigenvalue weighted by molar-refractivity contribution is 9.10. The zero-order chi connectivity index (χ0) is 11.4. The summed E-state index contributed by atoms with van der Waals surface area (Å²) in [6.45, 7) is 4.06. The Morgan fingerprint density at radius 1 is 1.47 bits per heavy atom. The van der Waals surface area contributed by atoms with Crippen molar-refractivity contribution in [2.75, 3.05) is 0 Å². The van der Waals surface area contributed by atoms with Crippen molar-refractivity contribution in [3.63, 3.8) is 0 Å². The first kappa shape index (κ1) is 12.7. The van der Waals surface area contributed by atoms with Crippen LogP contribution in [0.15, 0.2) is 22.7 Å². The maximum Gasteiger partial charge on any atom is 0.126 e. The fraction of sp³-hybridized carbons (Fsp3) is 0.500. The van der Waals surface area contributed by atoms with E-state index in [4.69, 9.17) is 5.73 Å². The van der Waals surface area contributed by atoms with E-state index in [1.54, 1.807) is 6.07 Å². The molecule has 0 fully saturated rings. The predicted octanol–water partition coefficient (Wildman–Crippen LogP) is 3.82. The molecule has 0 heterocycles. The molecular weight excluding hydrogens is 257 g/mol. The van der Waals surface area contributed by atoms with Gasteiger partial charge in [-0.3, -0.25) is 0 Å². The second kappa shape index (κ2) is 5.61. The summed E-state index contributed by atoms with van der Waals surface area (Å²) in [5, 5.41) is 0. The molecule has 1 aromatic carbocycles. The molecule has 2 N–H and O–H groups in total. The number of halogens is 2. The van der Waals surface area contributed by atoms with Crippen molar-refractivity contribution in [1.82, 2.24) is 0 Å². The van der Waals surface area contributed by atoms with E-state index < -0.39 is 0 Å². The summed E-state index contributed by atoms with van der Waals surface area (Å²) in [5.41, 5.74) is 6.70. The van der Waals surface area contributed by atoms with Gasteiger partial charge in [-0.2, -0.15) is 0 Å². The molecule has 3 heteroatoms. The van der Waals surface area contributed by atoms with Crippen LogP contribution in [-0.2, 0) is 0 Å². The molecule has 2 atom stereocenters. The van der Waals surface area contributed by atoms with Gasteiger partial charge >= 0.3 is 0 Å². The first-order valence-electron chi connectivity index (χ1n) is 5.26. The van der Waals surface area contributed by atoms with Crippen molar-refractivity contribution in [2.24, 2.45) is 5.73 Å². The summed E-state index contributed by atoms with van der Waals surface area (Å²) < 4.78 is 14.4. The van der Waals surface area contributed by atoms with Gasteiger partial charge in [-0.05, 0) is 36.1 Å². The number of rotatable bonds is 4. The van der Waals surface area contributed by atoms with E-state index in [1.165, 1.54) is 6.07 Å². The first-order valence-corrected chi connectivity index (χ1v) is 6.06. The molecule has 0 bridgehead atoms. The maximum atomic E-state index is 13.5. The van der Waals surface area contributed by atoms with Gasteiger partial charge in [0.05, 0.1) is 0 Å². The first-order chi connectivity index (χ1) is 7.06. The Kier molecular flexibility index (Phi) is 4.74. The minimum atomic E-state index is -0.169. The average molecular weight is 274 g/mol. The Hall–Kier alpha value is -0.410. The molecule has 0 aliphatic heterocycles. The Labute approximate surface area is 99.0 Å². The van der Waals surface area contributed by atoms with Crippen molar-refractivity contribution in [1.29, 1.82) is 0 Å². The molecule has 1 rings (SSSR count). The molecule has 2 unspecified atom stereocenters. The summed E-state index contributed by atoms with van der Waals surface area (Å²) in [5.74, 6) is -0.111. The molecule has 0 aliphatic carbocycles. The van der Waals surface area contributed by atoms with Crippen LogP contribution in [0.4, 0.5) is 4.39 Å². The third-order valence-electron chi connectivity index (χ3n) is 2.71. The van der Waals surface area contributed by atoms with Crippen LogP contribution in [0.1, 0.15) is 38.2 Å². The molecule has 0 spiro atoms. The highest BCUT2D eigenvalue weighted by Gasteiger charge is 2.17. The van der Waals surface area contributed by atoms with Gasteiger partial charge in [0, 0.05) is 10.5 Å². The highest BCUT2D eigenvalue weighted by Crippen LogP contribution is 2.26. The molecule has 15 heavy (non-hydrogen) atoms. The Morgan fingerprint density at radius 3 is 2.73 bits per heavy atom. The van der Waals surface area contributed by atoms with Gasteiger partial charge in [0.15, 0.2) is 0 Å². The monoisotopic (exact) mass is 273 g/mol. The standard InChI is InChI=1S/C12H17BrFN/c1-3-4-12(15)8(2)10-7-9(13)5-6-11(10)14/h5-8,12H,3-4,15H2,1-2H3. The number of nitrogens with two attached hydrogens (primary N) is 1. The smallest absolute Gasteiger partial charge is 0.126 e. The van der Waals surface area contributed by atoms with E-state index in [0.29, 0.717) is 5.56 Å². The lowest BCUT2D eigenvalue weighted by atomic mass is 9.91. The van der Waals surface area contributed by atoms with Gasteiger partial charge < -0.3 is 5.73 Å². The molecular formula is C12H17BrFN. The average Bonchev–Trinajstić information content (AvgIpc) is 2.21. The van der Waals surface area contributed by atoms with Crippen molar-refractivity contribution >= 4 is 15.9 Å². The van der Waals surface area contributed by atoms with Crippen molar-refractivity contribution in [3.8, 4) is 0 Å². The molecule has 0 saturated heterocycles. The Bertz CT molecular complexity index is 327. The molecule has 1 nitrogen and oxygen atoms in total. The molecule has 0 aliphatic rings. The van der Waals surface area contributed by atoms with Crippen LogP contribution in [0.3, 0.4) is 0 Å². The fourth-order valence-corrected chi connectivity index (χ4v) is 2.06. The molecule has 0 aromatic heterocycles. The lowest BCUT2D eigenvalue weighted by molar-refractivity contribution is 0.497. The Morgan fingerprint density at radius 2 is 2.13 bits per heavy atom. The topological polar surface area (TPSA) is 26.0 Å². The number of hydrogen-bond donors (Lipinski definition) is 1. The van der Waals surface area contributed by atoms with Crippen LogP contribution in [0.25, 0.3) is 0 Å². The molecule has 1 aromatic rings. The number of hydrogen-bond acceptors (Lipinski definition) is 1. The molecule has 0 amide bonds. The zero-order valence-electron chi connectivity index (χ0n) is 9.13. The van der Waals surface area contributed by atoms with Gasteiger partial charge in [0.2, 0.25) is 0 Å². The van der Waals surface area contributed by atoms with Crippen molar-refractivity contribution in [2.45, 2.75) is 38.6 Å². The van der Waals surface area contributed by atoms with E-state index in [9.17, 15) is 4.39 Å². The van der Waals surface area contributed by atoms with Gasteiger partial charge in [0.25, 0.3) is 0 Å². The second-order valence-corrected chi connectivity index (χ2v) is 4.82. The third kappa shape index (κ3) is 3.28. The summed E-state index contributed by atoms with van der Waals surface area (Å²) in [4.78, 5) is 0. The van der Waals surface area contributed by atoms with E-state index in [2.05, 4.69) is 22.9 Å². The minimum Gasteiger partial charge on any atom is -0.327 e. The Balaban J connectivity index is 2.89. The predicted molar refractivity (Wildman–Crippen MR) is 65.4 cm³/mol. The van der Waals surface area contributed by atoms with Crippen LogP contribution >= 0.6 is 15.9 Å². The van der Waals surface area contributed by atoms with Crippen LogP contribution in [0.5, 0.6) is 0 Å². The van der Waals surface area contributed by atoms with Crippen molar-refractivity contribution < 1.29 is 4.39 Å². The van der Waals surface area contributed by atoms with Crippen LogP contribution < -0.4 is 5.73 Å². The third-order valence-corrected chi connectivity index (χ3v) is 3.21. The highest BCUT2D eigenvalue weighted by atomic mass is 79.9. The van der Waals surface area contributed by atoms with Crippen molar-refractivity contribution in [3.05, 3.63) is 34.1 Å². The summed E-state index contributed by atoms with van der Waals surface area (Å²) in [7, 11) is 0. The van der Waals surface area contributed by atoms with Gasteiger partial charge in [0.1, 0.15) is 5.82 Å². The van der Waals surface area contributed by atoms with Gasteiger partial charge in [-0.25, -0.2) is 4.39 Å². The van der Waals surface area contributed by atoms with Crippen LogP contribution in [0, 0.1) is 5.82 Å². The molecule has 84 valence electrons. The van der Waals surface area contributed by atoms with Crippen LogP contribution in [-0.4, -0.2) is 6.04 Å².